The number of aromatic amines is 2. The summed E-state index contributed by atoms with van der Waals surface area (Å²) in [5.74, 6) is 0.237. The molecule has 7 heteroatoms. The summed E-state index contributed by atoms with van der Waals surface area (Å²) in [7, 11) is 0. The number of imidazole rings is 1. The van der Waals surface area contributed by atoms with E-state index in [2.05, 4.69) is 20.2 Å². The maximum absolute atomic E-state index is 12.5. The van der Waals surface area contributed by atoms with E-state index in [0.717, 1.165) is 68.6 Å². The smallest absolute Gasteiger partial charge is 0.323 e. The zero-order valence-corrected chi connectivity index (χ0v) is 14.9. The summed E-state index contributed by atoms with van der Waals surface area (Å²) in [6, 6.07) is 6.32. The highest BCUT2D eigenvalue weighted by Gasteiger charge is 2.29. The molecule has 0 unspecified atom stereocenters. The molecule has 0 atom stereocenters. The number of likely N-dealkylation sites (tertiary alicyclic amines) is 1. The topological polar surface area (TPSA) is 90.2 Å². The summed E-state index contributed by atoms with van der Waals surface area (Å²) in [6.45, 7) is 4.21. The molecule has 0 radical (unpaired) electrons. The van der Waals surface area contributed by atoms with Crippen molar-refractivity contribution in [2.45, 2.75) is 38.3 Å². The minimum Gasteiger partial charge on any atom is -0.381 e. The van der Waals surface area contributed by atoms with Gasteiger partial charge in [-0.1, -0.05) is 6.07 Å². The van der Waals surface area contributed by atoms with Gasteiger partial charge in [0.2, 0.25) is 5.91 Å². The van der Waals surface area contributed by atoms with Crippen molar-refractivity contribution >= 4 is 16.9 Å². The van der Waals surface area contributed by atoms with E-state index in [9.17, 15) is 9.59 Å². The average Bonchev–Trinajstić information content (AvgIpc) is 3.06. The summed E-state index contributed by atoms with van der Waals surface area (Å²) < 4.78 is 5.44. The van der Waals surface area contributed by atoms with Gasteiger partial charge in [0.15, 0.2) is 0 Å². The molecular weight excluding hydrogens is 332 g/mol. The van der Waals surface area contributed by atoms with Crippen LogP contribution in [-0.2, 0) is 16.1 Å². The Morgan fingerprint density at radius 3 is 2.62 bits per heavy atom. The molecule has 7 nitrogen and oxygen atoms in total. The van der Waals surface area contributed by atoms with Crippen LogP contribution in [-0.4, -0.2) is 53.1 Å². The Bertz CT molecular complexity index is 814. The second-order valence-electron chi connectivity index (χ2n) is 7.33. The first kappa shape index (κ1) is 17.3. The van der Waals surface area contributed by atoms with Crippen LogP contribution in [0.5, 0.6) is 0 Å². The molecule has 26 heavy (non-hydrogen) atoms. The monoisotopic (exact) mass is 358 g/mol. The maximum Gasteiger partial charge on any atom is 0.323 e. The normalized spacial score (nSPS) is 20.5. The van der Waals surface area contributed by atoms with Crippen molar-refractivity contribution < 1.29 is 9.53 Å². The van der Waals surface area contributed by atoms with Crippen molar-refractivity contribution in [3.05, 3.63) is 34.2 Å². The number of ether oxygens (including phenoxy) is 1. The quantitative estimate of drug-likeness (QED) is 0.770. The van der Waals surface area contributed by atoms with Gasteiger partial charge in [-0.2, -0.15) is 0 Å². The zero-order valence-electron chi connectivity index (χ0n) is 14.9. The molecule has 1 aromatic heterocycles. The van der Waals surface area contributed by atoms with Gasteiger partial charge in [-0.25, -0.2) is 4.79 Å². The van der Waals surface area contributed by atoms with Gasteiger partial charge in [-0.3, -0.25) is 4.79 Å². The predicted octanol–water partition coefficient (Wildman–Crippen LogP) is 1.36. The molecule has 3 N–H and O–H groups in total. The molecule has 3 heterocycles. The SMILES string of the molecule is O=C(NCc1ccc2[nH]c(=O)[nH]c2c1)C1CCN(C2CCOCC2)CC1. The summed E-state index contributed by atoms with van der Waals surface area (Å²) in [4.78, 5) is 31.8. The fraction of sp³-hybridized carbons (Fsp3) is 0.579. The predicted molar refractivity (Wildman–Crippen MR) is 98.9 cm³/mol. The molecule has 2 aliphatic heterocycles. The van der Waals surface area contributed by atoms with Gasteiger partial charge in [-0.15, -0.1) is 0 Å². The Kier molecular flexibility index (Phi) is 5.08. The van der Waals surface area contributed by atoms with Gasteiger partial charge >= 0.3 is 5.69 Å². The zero-order chi connectivity index (χ0) is 17.9. The third-order valence-corrected chi connectivity index (χ3v) is 5.65. The van der Waals surface area contributed by atoms with Crippen molar-refractivity contribution in [2.75, 3.05) is 26.3 Å². The Labute approximate surface area is 152 Å². The summed E-state index contributed by atoms with van der Waals surface area (Å²) >= 11 is 0. The molecule has 0 aliphatic carbocycles. The number of rotatable bonds is 4. The van der Waals surface area contributed by atoms with E-state index in [1.807, 2.05) is 18.2 Å². The van der Waals surface area contributed by atoms with Crippen molar-refractivity contribution in [2.24, 2.45) is 5.92 Å². The number of H-pyrrole nitrogens is 2. The van der Waals surface area contributed by atoms with Gasteiger partial charge in [0.25, 0.3) is 0 Å². The minimum atomic E-state index is -0.211. The van der Waals surface area contributed by atoms with Crippen LogP contribution in [0.2, 0.25) is 0 Å². The number of aromatic nitrogens is 2. The molecule has 0 spiro atoms. The number of nitrogens with one attached hydrogen (secondary N) is 3. The number of hydrogen-bond acceptors (Lipinski definition) is 4. The fourth-order valence-corrected chi connectivity index (χ4v) is 4.10. The first-order valence-electron chi connectivity index (χ1n) is 9.49. The van der Waals surface area contributed by atoms with E-state index in [1.165, 1.54) is 0 Å². The van der Waals surface area contributed by atoms with E-state index >= 15 is 0 Å². The molecule has 0 bridgehead atoms. The molecule has 4 rings (SSSR count). The highest BCUT2D eigenvalue weighted by molar-refractivity contribution is 5.79. The van der Waals surface area contributed by atoms with Crippen LogP contribution in [0.15, 0.2) is 23.0 Å². The van der Waals surface area contributed by atoms with Crippen molar-refractivity contribution in [3.8, 4) is 0 Å². The molecule has 1 aromatic carbocycles. The number of hydrogen-bond donors (Lipinski definition) is 3. The lowest BCUT2D eigenvalue weighted by atomic mass is 9.93. The van der Waals surface area contributed by atoms with Crippen LogP contribution >= 0.6 is 0 Å². The molecule has 0 saturated carbocycles. The molecule has 2 saturated heterocycles. The highest BCUT2D eigenvalue weighted by Crippen LogP contribution is 2.23. The Morgan fingerprint density at radius 2 is 1.85 bits per heavy atom. The lowest BCUT2D eigenvalue weighted by molar-refractivity contribution is -0.127. The second-order valence-corrected chi connectivity index (χ2v) is 7.33. The standard InChI is InChI=1S/C19H26N4O3/c24-18(14-3-7-23(8-4-14)15-5-9-26-10-6-15)20-12-13-1-2-16-17(11-13)22-19(25)21-16/h1-2,11,14-15H,3-10,12H2,(H,20,24)(H2,21,22,25). The van der Waals surface area contributed by atoms with E-state index in [-0.39, 0.29) is 17.5 Å². The van der Waals surface area contributed by atoms with E-state index in [4.69, 9.17) is 4.74 Å². The fourth-order valence-electron chi connectivity index (χ4n) is 4.10. The largest absolute Gasteiger partial charge is 0.381 e. The van der Waals surface area contributed by atoms with Gasteiger partial charge < -0.3 is 24.9 Å². The number of piperidine rings is 1. The van der Waals surface area contributed by atoms with Crippen LogP contribution in [0, 0.1) is 5.92 Å². The third-order valence-electron chi connectivity index (χ3n) is 5.65. The number of amides is 1. The summed E-state index contributed by atoms with van der Waals surface area (Å²) in [6.07, 6.45) is 4.07. The molecular formula is C19H26N4O3. The van der Waals surface area contributed by atoms with Gasteiger partial charge in [0.05, 0.1) is 11.0 Å². The lowest BCUT2D eigenvalue weighted by Gasteiger charge is -2.38. The Morgan fingerprint density at radius 1 is 1.12 bits per heavy atom. The van der Waals surface area contributed by atoms with Crippen molar-refractivity contribution in [1.82, 2.24) is 20.2 Å². The Balaban J connectivity index is 1.27. The van der Waals surface area contributed by atoms with Crippen LogP contribution in [0.4, 0.5) is 0 Å². The van der Waals surface area contributed by atoms with Crippen LogP contribution in [0.3, 0.4) is 0 Å². The van der Waals surface area contributed by atoms with Gasteiger partial charge in [0, 0.05) is 31.7 Å². The van der Waals surface area contributed by atoms with Crippen molar-refractivity contribution in [3.63, 3.8) is 0 Å². The Hall–Kier alpha value is -2.12. The van der Waals surface area contributed by atoms with Crippen LogP contribution < -0.4 is 11.0 Å². The van der Waals surface area contributed by atoms with Crippen molar-refractivity contribution in [1.29, 1.82) is 0 Å². The number of fused-ring (bicyclic) bond motifs is 1. The van der Waals surface area contributed by atoms with E-state index < -0.39 is 0 Å². The lowest BCUT2D eigenvalue weighted by Crippen LogP contribution is -2.46. The van der Waals surface area contributed by atoms with Gasteiger partial charge in [-0.05, 0) is 56.5 Å². The molecule has 140 valence electrons. The second kappa shape index (κ2) is 7.63. The molecule has 2 aliphatic rings. The summed E-state index contributed by atoms with van der Waals surface area (Å²) in [5.41, 5.74) is 2.33. The number of benzene rings is 1. The molecule has 1 amide bonds. The molecule has 2 aromatic rings. The van der Waals surface area contributed by atoms with E-state index in [1.54, 1.807) is 0 Å². The number of carbonyl (C=O) groups is 1. The maximum atomic E-state index is 12.5. The molecule has 2 fully saturated rings. The van der Waals surface area contributed by atoms with Crippen LogP contribution in [0.1, 0.15) is 31.2 Å². The first-order chi connectivity index (χ1) is 12.7. The highest BCUT2D eigenvalue weighted by atomic mass is 16.5. The summed E-state index contributed by atoms with van der Waals surface area (Å²) in [5, 5.41) is 3.05. The van der Waals surface area contributed by atoms with Gasteiger partial charge in [0.1, 0.15) is 0 Å². The minimum absolute atomic E-state index is 0.0990. The number of carbonyl (C=O) groups excluding carboxylic acids is 1. The third kappa shape index (κ3) is 3.83. The van der Waals surface area contributed by atoms with Crippen LogP contribution in [0.25, 0.3) is 11.0 Å². The number of nitrogens with zero attached hydrogens (tertiary/aromatic N) is 1. The average molecular weight is 358 g/mol. The first-order valence-corrected chi connectivity index (χ1v) is 9.49. The van der Waals surface area contributed by atoms with E-state index in [0.29, 0.717) is 12.6 Å².